The summed E-state index contributed by atoms with van der Waals surface area (Å²) in [6.45, 7) is 1.76. The van der Waals surface area contributed by atoms with Crippen LogP contribution in [0.15, 0.2) is 54.6 Å². The monoisotopic (exact) mass is 401 g/mol. The highest BCUT2D eigenvalue weighted by molar-refractivity contribution is 7.91. The minimum absolute atomic E-state index is 0.0263. The van der Waals surface area contributed by atoms with Crippen molar-refractivity contribution < 1.29 is 22.7 Å². The number of ether oxygens (including phenoxy) is 1. The number of carbonyl (C=O) groups excluding carboxylic acids is 2. The smallest absolute Gasteiger partial charge is 0.338 e. The number of benzene rings is 2. The summed E-state index contributed by atoms with van der Waals surface area (Å²) in [5.74, 6) is -0.891. The van der Waals surface area contributed by atoms with Crippen LogP contribution in [0.2, 0.25) is 0 Å². The van der Waals surface area contributed by atoms with Crippen molar-refractivity contribution in [3.63, 3.8) is 0 Å². The third-order valence-corrected chi connectivity index (χ3v) is 6.62. The van der Waals surface area contributed by atoms with E-state index in [9.17, 15) is 18.0 Å². The van der Waals surface area contributed by atoms with Gasteiger partial charge in [-0.25, -0.2) is 13.2 Å². The average Bonchev–Trinajstić information content (AvgIpc) is 3.07. The molecule has 1 heterocycles. The Morgan fingerprint density at radius 2 is 1.68 bits per heavy atom. The first-order valence-electron chi connectivity index (χ1n) is 9.22. The Morgan fingerprint density at radius 3 is 2.25 bits per heavy atom. The van der Waals surface area contributed by atoms with E-state index < -0.39 is 22.4 Å². The van der Waals surface area contributed by atoms with Gasteiger partial charge in [0, 0.05) is 12.6 Å². The average molecular weight is 401 g/mol. The molecule has 0 aromatic heterocycles. The molecule has 2 aromatic carbocycles. The molecule has 0 spiro atoms. The molecule has 1 saturated heterocycles. The molecule has 0 N–H and O–H groups in total. The number of sulfone groups is 1. The maximum Gasteiger partial charge on any atom is 0.338 e. The highest BCUT2D eigenvalue weighted by Crippen LogP contribution is 2.20. The molecule has 0 bridgehead atoms. The minimum Gasteiger partial charge on any atom is -0.452 e. The third-order valence-electron chi connectivity index (χ3n) is 4.86. The van der Waals surface area contributed by atoms with E-state index in [-0.39, 0.29) is 23.5 Å². The van der Waals surface area contributed by atoms with Crippen molar-refractivity contribution >= 4 is 21.7 Å². The summed E-state index contributed by atoms with van der Waals surface area (Å²) in [4.78, 5) is 26.1. The second-order valence-electron chi connectivity index (χ2n) is 6.76. The molecule has 0 aliphatic carbocycles. The second kappa shape index (κ2) is 8.56. The maximum absolute atomic E-state index is 12.4. The van der Waals surface area contributed by atoms with Gasteiger partial charge in [0.2, 0.25) is 0 Å². The van der Waals surface area contributed by atoms with E-state index >= 15 is 0 Å². The van der Waals surface area contributed by atoms with Gasteiger partial charge < -0.3 is 9.64 Å². The Hall–Kier alpha value is -2.67. The Balaban J connectivity index is 1.58. The number of amides is 1. The fourth-order valence-corrected chi connectivity index (χ4v) is 5.11. The summed E-state index contributed by atoms with van der Waals surface area (Å²) in [6.07, 6.45) is 0.427. The van der Waals surface area contributed by atoms with E-state index in [1.807, 2.05) is 42.5 Å². The minimum atomic E-state index is -3.09. The van der Waals surface area contributed by atoms with Crippen molar-refractivity contribution in [1.82, 2.24) is 4.90 Å². The van der Waals surface area contributed by atoms with Gasteiger partial charge in [0.15, 0.2) is 16.4 Å². The summed E-state index contributed by atoms with van der Waals surface area (Å²) >= 11 is 0. The number of esters is 1. The normalized spacial score (nSPS) is 17.8. The lowest BCUT2D eigenvalue weighted by Crippen LogP contribution is -2.43. The van der Waals surface area contributed by atoms with Crippen LogP contribution in [0.4, 0.5) is 0 Å². The molecular weight excluding hydrogens is 378 g/mol. The molecule has 1 aliphatic heterocycles. The van der Waals surface area contributed by atoms with Crippen LogP contribution in [-0.4, -0.2) is 55.9 Å². The van der Waals surface area contributed by atoms with Crippen LogP contribution in [0.25, 0.3) is 11.1 Å². The SMILES string of the molecule is CCN(C(=O)COC(=O)c1ccc(-c2ccccc2)cc1)[C@H]1CCS(=O)(=O)C1. The van der Waals surface area contributed by atoms with Crippen LogP contribution >= 0.6 is 0 Å². The summed E-state index contributed by atoms with van der Waals surface area (Å²) in [5, 5.41) is 0. The van der Waals surface area contributed by atoms with E-state index in [2.05, 4.69) is 0 Å². The Morgan fingerprint density at radius 1 is 1.04 bits per heavy atom. The van der Waals surface area contributed by atoms with Crippen LogP contribution in [0.1, 0.15) is 23.7 Å². The molecule has 1 atom stereocenters. The van der Waals surface area contributed by atoms with Crippen molar-refractivity contribution in [3.05, 3.63) is 60.2 Å². The zero-order chi connectivity index (χ0) is 20.1. The van der Waals surface area contributed by atoms with Crippen molar-refractivity contribution in [3.8, 4) is 11.1 Å². The summed E-state index contributed by atoms with van der Waals surface area (Å²) in [6, 6.07) is 16.4. The van der Waals surface area contributed by atoms with Gasteiger partial charge in [0.05, 0.1) is 17.1 Å². The third kappa shape index (κ3) is 4.78. The molecule has 28 heavy (non-hydrogen) atoms. The number of hydrogen-bond donors (Lipinski definition) is 0. The fourth-order valence-electron chi connectivity index (χ4n) is 3.38. The van der Waals surface area contributed by atoms with Crippen LogP contribution in [0, 0.1) is 0 Å². The van der Waals surface area contributed by atoms with Crippen molar-refractivity contribution in [2.75, 3.05) is 24.7 Å². The fraction of sp³-hybridized carbons (Fsp3) is 0.333. The topological polar surface area (TPSA) is 80.8 Å². The summed E-state index contributed by atoms with van der Waals surface area (Å²) in [7, 11) is -3.09. The quantitative estimate of drug-likeness (QED) is 0.695. The van der Waals surface area contributed by atoms with Gasteiger partial charge >= 0.3 is 5.97 Å². The molecular formula is C21H23NO5S. The van der Waals surface area contributed by atoms with Gasteiger partial charge in [-0.2, -0.15) is 0 Å². The van der Waals surface area contributed by atoms with Gasteiger partial charge in [-0.3, -0.25) is 4.79 Å². The largest absolute Gasteiger partial charge is 0.452 e. The molecule has 1 amide bonds. The van der Waals surface area contributed by atoms with Crippen molar-refractivity contribution in [2.24, 2.45) is 0 Å². The molecule has 148 valence electrons. The standard InChI is InChI=1S/C21H23NO5S/c1-2-22(19-12-13-28(25,26)15-19)20(23)14-27-21(24)18-10-8-17(9-11-18)16-6-4-3-5-7-16/h3-11,19H,2,12-15H2,1H3/t19-/m0/s1. The van der Waals surface area contributed by atoms with Gasteiger partial charge in [-0.05, 0) is 36.6 Å². The van der Waals surface area contributed by atoms with Crippen LogP contribution < -0.4 is 0 Å². The van der Waals surface area contributed by atoms with Gasteiger partial charge in [0.25, 0.3) is 5.91 Å². The summed E-state index contributed by atoms with van der Waals surface area (Å²) in [5.41, 5.74) is 2.38. The number of rotatable bonds is 6. The number of hydrogen-bond acceptors (Lipinski definition) is 5. The molecule has 0 radical (unpaired) electrons. The summed E-state index contributed by atoms with van der Waals surface area (Å²) < 4.78 is 28.4. The molecule has 2 aromatic rings. The Kier molecular flexibility index (Phi) is 6.14. The molecule has 0 unspecified atom stereocenters. The second-order valence-corrected chi connectivity index (χ2v) is 8.98. The molecule has 0 saturated carbocycles. The van der Waals surface area contributed by atoms with Crippen LogP contribution in [0.3, 0.4) is 0 Å². The highest BCUT2D eigenvalue weighted by atomic mass is 32.2. The number of nitrogens with zero attached hydrogens (tertiary/aromatic N) is 1. The van der Waals surface area contributed by atoms with E-state index in [1.165, 1.54) is 4.90 Å². The van der Waals surface area contributed by atoms with Gasteiger partial charge in [0.1, 0.15) is 0 Å². The first kappa shape index (κ1) is 20.1. The zero-order valence-electron chi connectivity index (χ0n) is 15.7. The first-order valence-corrected chi connectivity index (χ1v) is 11.0. The highest BCUT2D eigenvalue weighted by Gasteiger charge is 2.34. The van der Waals surface area contributed by atoms with E-state index in [4.69, 9.17) is 4.74 Å². The zero-order valence-corrected chi connectivity index (χ0v) is 16.5. The molecule has 3 rings (SSSR count). The predicted octanol–water partition coefficient (Wildman–Crippen LogP) is 2.55. The van der Waals surface area contributed by atoms with Crippen molar-refractivity contribution in [2.45, 2.75) is 19.4 Å². The molecule has 7 heteroatoms. The molecule has 1 aliphatic rings. The molecule has 6 nitrogen and oxygen atoms in total. The van der Waals surface area contributed by atoms with E-state index in [0.717, 1.165) is 11.1 Å². The lowest BCUT2D eigenvalue weighted by molar-refractivity contribution is -0.136. The van der Waals surface area contributed by atoms with Gasteiger partial charge in [-0.15, -0.1) is 0 Å². The van der Waals surface area contributed by atoms with E-state index in [1.54, 1.807) is 19.1 Å². The van der Waals surface area contributed by atoms with Crippen LogP contribution in [-0.2, 0) is 19.4 Å². The lowest BCUT2D eigenvalue weighted by atomic mass is 10.0. The number of carbonyl (C=O) groups is 2. The number of likely N-dealkylation sites (N-methyl/N-ethyl adjacent to an activating group) is 1. The predicted molar refractivity (Wildman–Crippen MR) is 107 cm³/mol. The first-order chi connectivity index (χ1) is 13.4. The lowest BCUT2D eigenvalue weighted by Gasteiger charge is -2.26. The maximum atomic E-state index is 12.4. The molecule has 1 fully saturated rings. The Labute approximate surface area is 165 Å². The van der Waals surface area contributed by atoms with E-state index in [0.29, 0.717) is 18.5 Å². The van der Waals surface area contributed by atoms with Crippen LogP contribution in [0.5, 0.6) is 0 Å². The van der Waals surface area contributed by atoms with Crippen molar-refractivity contribution in [1.29, 1.82) is 0 Å². The Bertz CT molecular complexity index is 939. The van der Waals surface area contributed by atoms with Gasteiger partial charge in [-0.1, -0.05) is 42.5 Å².